The zero-order chi connectivity index (χ0) is 21.9. The first kappa shape index (κ1) is 19.8. The Morgan fingerprint density at radius 2 is 1.56 bits per heavy atom. The largest absolute Gasteiger partial charge is 0.320 e. The highest BCUT2D eigenvalue weighted by molar-refractivity contribution is 6.10. The first-order valence-corrected chi connectivity index (χ1v) is 10.6. The maximum absolute atomic E-state index is 13.4. The SMILES string of the molecule is O=C(Nc1ccccc1N1CCCC1=O)c1cn(-c2ccccc2)nc1-c1ccccc1. The minimum absolute atomic E-state index is 0.0774. The van der Waals surface area contributed by atoms with Crippen LogP contribution in [-0.4, -0.2) is 28.1 Å². The third kappa shape index (κ3) is 3.78. The fraction of sp³-hybridized carbons (Fsp3) is 0.115. The molecular weight excluding hydrogens is 400 g/mol. The second-order valence-corrected chi connectivity index (χ2v) is 7.66. The highest BCUT2D eigenvalue weighted by Gasteiger charge is 2.25. The van der Waals surface area contributed by atoms with Crippen LogP contribution in [0.25, 0.3) is 16.9 Å². The smallest absolute Gasteiger partial charge is 0.259 e. The Morgan fingerprint density at radius 1 is 0.875 bits per heavy atom. The molecule has 3 aromatic carbocycles. The number of hydrogen-bond donors (Lipinski definition) is 1. The maximum atomic E-state index is 13.4. The molecule has 6 heteroatoms. The van der Waals surface area contributed by atoms with E-state index in [0.717, 1.165) is 23.4 Å². The number of aromatic nitrogens is 2. The topological polar surface area (TPSA) is 67.2 Å². The number of para-hydroxylation sites is 3. The second-order valence-electron chi connectivity index (χ2n) is 7.66. The molecule has 0 saturated carbocycles. The molecule has 0 aliphatic carbocycles. The summed E-state index contributed by atoms with van der Waals surface area (Å²) in [6, 6.07) is 26.8. The monoisotopic (exact) mass is 422 g/mol. The highest BCUT2D eigenvalue weighted by atomic mass is 16.2. The average Bonchev–Trinajstić information content (AvgIpc) is 3.47. The zero-order valence-corrected chi connectivity index (χ0v) is 17.4. The number of carbonyl (C=O) groups excluding carboxylic acids is 2. The molecule has 2 amide bonds. The quantitative estimate of drug-likeness (QED) is 0.496. The van der Waals surface area contributed by atoms with E-state index in [2.05, 4.69) is 5.32 Å². The van der Waals surface area contributed by atoms with Crippen molar-refractivity contribution in [1.82, 2.24) is 9.78 Å². The summed E-state index contributed by atoms with van der Waals surface area (Å²) < 4.78 is 1.72. The minimum atomic E-state index is -0.273. The van der Waals surface area contributed by atoms with Crippen LogP contribution < -0.4 is 10.2 Å². The molecule has 0 radical (unpaired) electrons. The van der Waals surface area contributed by atoms with Crippen molar-refractivity contribution in [3.8, 4) is 16.9 Å². The number of hydrogen-bond acceptors (Lipinski definition) is 3. The summed E-state index contributed by atoms with van der Waals surface area (Å²) in [5.74, 6) is -0.196. The third-order valence-electron chi connectivity index (χ3n) is 5.54. The number of benzene rings is 3. The molecule has 2 heterocycles. The van der Waals surface area contributed by atoms with Crippen molar-refractivity contribution in [2.75, 3.05) is 16.8 Å². The van der Waals surface area contributed by atoms with Gasteiger partial charge in [0.05, 0.1) is 22.6 Å². The summed E-state index contributed by atoms with van der Waals surface area (Å²) in [5, 5.41) is 7.73. The molecule has 1 N–H and O–H groups in total. The van der Waals surface area contributed by atoms with Gasteiger partial charge in [-0.25, -0.2) is 4.68 Å². The summed E-state index contributed by atoms with van der Waals surface area (Å²) in [6.45, 7) is 0.660. The van der Waals surface area contributed by atoms with Crippen LogP contribution >= 0.6 is 0 Å². The molecule has 1 aromatic heterocycles. The van der Waals surface area contributed by atoms with Gasteiger partial charge in [-0.2, -0.15) is 5.10 Å². The third-order valence-corrected chi connectivity index (χ3v) is 5.54. The Balaban J connectivity index is 1.53. The van der Waals surface area contributed by atoms with Crippen LogP contribution in [0.15, 0.2) is 91.1 Å². The van der Waals surface area contributed by atoms with Crippen LogP contribution in [0.4, 0.5) is 11.4 Å². The van der Waals surface area contributed by atoms with Gasteiger partial charge in [0.1, 0.15) is 5.69 Å². The molecule has 6 nitrogen and oxygen atoms in total. The van der Waals surface area contributed by atoms with Gasteiger partial charge in [-0.05, 0) is 30.7 Å². The number of nitrogens with one attached hydrogen (secondary N) is 1. The standard InChI is InChI=1S/C26H22N4O2/c31-24-16-9-17-29(24)23-15-8-7-14-22(23)27-26(32)21-18-30(20-12-5-2-6-13-20)28-25(21)19-10-3-1-4-11-19/h1-8,10-15,18H,9,16-17H2,(H,27,32). The van der Waals surface area contributed by atoms with Crippen molar-refractivity contribution in [2.24, 2.45) is 0 Å². The molecule has 0 spiro atoms. The van der Waals surface area contributed by atoms with Gasteiger partial charge in [-0.1, -0.05) is 60.7 Å². The predicted octanol–water partition coefficient (Wildman–Crippen LogP) is 4.92. The minimum Gasteiger partial charge on any atom is -0.320 e. The molecule has 1 aliphatic rings. The lowest BCUT2D eigenvalue weighted by Crippen LogP contribution is -2.25. The lowest BCUT2D eigenvalue weighted by molar-refractivity contribution is -0.117. The lowest BCUT2D eigenvalue weighted by atomic mass is 10.1. The van der Waals surface area contributed by atoms with E-state index < -0.39 is 0 Å². The Kier molecular flexibility index (Phi) is 5.25. The molecule has 32 heavy (non-hydrogen) atoms. The fourth-order valence-corrected chi connectivity index (χ4v) is 3.97. The van der Waals surface area contributed by atoms with Crippen molar-refractivity contribution in [3.05, 3.63) is 96.7 Å². The van der Waals surface area contributed by atoms with E-state index >= 15 is 0 Å². The molecule has 158 valence electrons. The van der Waals surface area contributed by atoms with Crippen molar-refractivity contribution in [1.29, 1.82) is 0 Å². The van der Waals surface area contributed by atoms with E-state index in [9.17, 15) is 9.59 Å². The number of amides is 2. The number of nitrogens with zero attached hydrogens (tertiary/aromatic N) is 3. The van der Waals surface area contributed by atoms with Gasteiger partial charge < -0.3 is 10.2 Å². The molecule has 0 bridgehead atoms. The van der Waals surface area contributed by atoms with Crippen LogP contribution in [0.5, 0.6) is 0 Å². The van der Waals surface area contributed by atoms with Crippen molar-refractivity contribution in [2.45, 2.75) is 12.8 Å². The van der Waals surface area contributed by atoms with E-state index in [1.165, 1.54) is 0 Å². The van der Waals surface area contributed by atoms with Gasteiger partial charge >= 0.3 is 0 Å². The lowest BCUT2D eigenvalue weighted by Gasteiger charge is -2.20. The van der Waals surface area contributed by atoms with E-state index in [4.69, 9.17) is 5.10 Å². The summed E-state index contributed by atoms with van der Waals surface area (Å²) in [7, 11) is 0. The van der Waals surface area contributed by atoms with E-state index in [-0.39, 0.29) is 11.8 Å². The molecule has 5 rings (SSSR count). The van der Waals surface area contributed by atoms with Gasteiger partial charge in [0, 0.05) is 24.7 Å². The van der Waals surface area contributed by atoms with Gasteiger partial charge in [-0.15, -0.1) is 0 Å². The Bertz CT molecular complexity index is 1270. The van der Waals surface area contributed by atoms with Gasteiger partial charge in [0.2, 0.25) is 5.91 Å². The van der Waals surface area contributed by atoms with Crippen molar-refractivity contribution >= 4 is 23.2 Å². The summed E-state index contributed by atoms with van der Waals surface area (Å²) in [6.07, 6.45) is 3.10. The first-order chi connectivity index (χ1) is 15.7. The molecule has 1 aliphatic heterocycles. The fourth-order valence-electron chi connectivity index (χ4n) is 3.97. The molecule has 0 unspecified atom stereocenters. The number of rotatable bonds is 5. The second kappa shape index (κ2) is 8.51. The van der Waals surface area contributed by atoms with E-state index in [1.807, 2.05) is 84.9 Å². The number of anilines is 2. The first-order valence-electron chi connectivity index (χ1n) is 10.6. The summed E-state index contributed by atoms with van der Waals surface area (Å²) in [4.78, 5) is 27.5. The average molecular weight is 422 g/mol. The molecule has 1 fully saturated rings. The van der Waals surface area contributed by atoms with Crippen LogP contribution in [0.2, 0.25) is 0 Å². The van der Waals surface area contributed by atoms with E-state index in [0.29, 0.717) is 29.9 Å². The zero-order valence-electron chi connectivity index (χ0n) is 17.4. The Labute approximate surface area is 186 Å². The Morgan fingerprint density at radius 3 is 2.28 bits per heavy atom. The van der Waals surface area contributed by atoms with Gasteiger partial charge in [-0.3, -0.25) is 9.59 Å². The summed E-state index contributed by atoms with van der Waals surface area (Å²) in [5.41, 5.74) is 4.12. The summed E-state index contributed by atoms with van der Waals surface area (Å²) >= 11 is 0. The highest BCUT2D eigenvalue weighted by Crippen LogP contribution is 2.31. The van der Waals surface area contributed by atoms with Crippen LogP contribution in [0.1, 0.15) is 23.2 Å². The van der Waals surface area contributed by atoms with Gasteiger partial charge in [0.15, 0.2) is 0 Å². The van der Waals surface area contributed by atoms with Crippen LogP contribution in [0.3, 0.4) is 0 Å². The molecule has 4 aromatic rings. The van der Waals surface area contributed by atoms with Crippen molar-refractivity contribution < 1.29 is 9.59 Å². The molecular formula is C26H22N4O2. The van der Waals surface area contributed by atoms with Crippen LogP contribution in [-0.2, 0) is 4.79 Å². The maximum Gasteiger partial charge on any atom is 0.259 e. The predicted molar refractivity (Wildman–Crippen MR) is 125 cm³/mol. The van der Waals surface area contributed by atoms with Crippen LogP contribution in [0, 0.1) is 0 Å². The molecule has 1 saturated heterocycles. The van der Waals surface area contributed by atoms with Crippen molar-refractivity contribution in [3.63, 3.8) is 0 Å². The number of carbonyl (C=O) groups is 2. The van der Waals surface area contributed by atoms with Gasteiger partial charge in [0.25, 0.3) is 5.91 Å². The Hall–Kier alpha value is -4.19. The molecule has 0 atom stereocenters. The van der Waals surface area contributed by atoms with E-state index in [1.54, 1.807) is 15.8 Å². The normalized spacial score (nSPS) is 13.4.